The van der Waals surface area contributed by atoms with E-state index in [1.807, 2.05) is 0 Å². The van der Waals surface area contributed by atoms with E-state index in [1.165, 1.54) is 51.4 Å². The van der Waals surface area contributed by atoms with Gasteiger partial charge in [-0.05, 0) is 79.4 Å². The quantitative estimate of drug-likeness (QED) is 0.325. The van der Waals surface area contributed by atoms with Crippen molar-refractivity contribution in [3.8, 4) is 11.5 Å². The lowest BCUT2D eigenvalue weighted by atomic mass is 9.89. The normalized spacial score (nSPS) is 16.0. The number of aromatic hydroxyl groups is 2. The van der Waals surface area contributed by atoms with Gasteiger partial charge < -0.3 is 10.2 Å². The fourth-order valence-corrected chi connectivity index (χ4v) is 3.75. The molecular weight excluding hydrogens is 320 g/mol. The lowest BCUT2D eigenvalue weighted by Gasteiger charge is -2.17. The lowest BCUT2D eigenvalue weighted by Crippen LogP contribution is -2.04. The zero-order chi connectivity index (χ0) is 19.2. The molecular formula is C24H40O2. The molecule has 2 heteroatoms. The van der Waals surface area contributed by atoms with Gasteiger partial charge in [-0.3, -0.25) is 0 Å². The molecule has 0 saturated heterocycles. The molecule has 148 valence electrons. The third-order valence-corrected chi connectivity index (χ3v) is 5.95. The minimum atomic E-state index is 0.0534. The van der Waals surface area contributed by atoms with Crippen LogP contribution in [-0.4, -0.2) is 10.2 Å². The SMILES string of the molecule is CC(C)(C)CCCCCc1cc(O)c(O)c(CCCCCC2(C)CC2)c1. The molecule has 1 aliphatic carbocycles. The van der Waals surface area contributed by atoms with E-state index in [0.717, 1.165) is 36.8 Å². The second kappa shape index (κ2) is 9.15. The Kier molecular flexibility index (Phi) is 7.43. The minimum absolute atomic E-state index is 0.0534. The molecule has 0 atom stereocenters. The number of benzene rings is 1. The van der Waals surface area contributed by atoms with Gasteiger partial charge in [-0.25, -0.2) is 0 Å². The number of phenols is 2. The Morgan fingerprint density at radius 2 is 1.54 bits per heavy atom. The maximum absolute atomic E-state index is 10.2. The van der Waals surface area contributed by atoms with Gasteiger partial charge in [0.05, 0.1) is 0 Å². The predicted octanol–water partition coefficient (Wildman–Crippen LogP) is 7.15. The molecule has 0 amide bonds. The fraction of sp³-hybridized carbons (Fsp3) is 0.750. The Morgan fingerprint density at radius 3 is 2.19 bits per heavy atom. The standard InChI is InChI=1S/C24H40O2/c1-23(2,3)13-9-5-7-11-19-17-20(22(26)21(25)18-19)12-8-6-10-14-24(4)15-16-24/h17-18,25-26H,5-16H2,1-4H3. The van der Waals surface area contributed by atoms with Crippen LogP contribution in [0.1, 0.15) is 103 Å². The van der Waals surface area contributed by atoms with Crippen molar-refractivity contribution in [3.05, 3.63) is 23.3 Å². The molecule has 0 aliphatic heterocycles. The Hall–Kier alpha value is -1.18. The van der Waals surface area contributed by atoms with Crippen molar-refractivity contribution in [3.63, 3.8) is 0 Å². The summed E-state index contributed by atoms with van der Waals surface area (Å²) in [6.07, 6.45) is 14.5. The van der Waals surface area contributed by atoms with Crippen LogP contribution in [-0.2, 0) is 12.8 Å². The molecule has 0 radical (unpaired) electrons. The maximum Gasteiger partial charge on any atom is 0.160 e. The topological polar surface area (TPSA) is 40.5 Å². The molecule has 1 aliphatic rings. The highest BCUT2D eigenvalue weighted by Gasteiger charge is 2.35. The average Bonchev–Trinajstić information content (AvgIpc) is 3.27. The van der Waals surface area contributed by atoms with Gasteiger partial charge in [0.25, 0.3) is 0 Å². The highest BCUT2D eigenvalue weighted by Crippen LogP contribution is 2.49. The molecule has 26 heavy (non-hydrogen) atoms. The van der Waals surface area contributed by atoms with E-state index in [2.05, 4.69) is 33.8 Å². The number of aryl methyl sites for hydroxylation is 2. The van der Waals surface area contributed by atoms with E-state index in [0.29, 0.717) is 10.8 Å². The van der Waals surface area contributed by atoms with Crippen LogP contribution in [0.3, 0.4) is 0 Å². The molecule has 0 unspecified atom stereocenters. The lowest BCUT2D eigenvalue weighted by molar-refractivity contribution is 0.358. The average molecular weight is 361 g/mol. The van der Waals surface area contributed by atoms with E-state index in [1.54, 1.807) is 6.07 Å². The van der Waals surface area contributed by atoms with Crippen LogP contribution in [0.2, 0.25) is 0 Å². The van der Waals surface area contributed by atoms with E-state index >= 15 is 0 Å². The first kappa shape index (κ1) is 21.1. The van der Waals surface area contributed by atoms with Crippen LogP contribution < -0.4 is 0 Å². The van der Waals surface area contributed by atoms with Crippen molar-refractivity contribution in [1.29, 1.82) is 0 Å². The van der Waals surface area contributed by atoms with Crippen LogP contribution in [0.4, 0.5) is 0 Å². The number of hydrogen-bond acceptors (Lipinski definition) is 2. The molecule has 2 nitrogen and oxygen atoms in total. The molecule has 1 saturated carbocycles. The molecule has 1 fully saturated rings. The molecule has 0 heterocycles. The number of phenolic OH excluding ortho intramolecular Hbond substituents is 2. The van der Waals surface area contributed by atoms with Gasteiger partial charge >= 0.3 is 0 Å². The van der Waals surface area contributed by atoms with E-state index in [-0.39, 0.29) is 11.5 Å². The van der Waals surface area contributed by atoms with Crippen LogP contribution in [0, 0.1) is 10.8 Å². The third-order valence-electron chi connectivity index (χ3n) is 5.95. The van der Waals surface area contributed by atoms with Gasteiger partial charge in [-0.1, -0.05) is 59.4 Å². The van der Waals surface area contributed by atoms with Crippen molar-refractivity contribution in [2.24, 2.45) is 10.8 Å². The van der Waals surface area contributed by atoms with E-state index < -0.39 is 0 Å². The molecule has 2 rings (SSSR count). The van der Waals surface area contributed by atoms with Crippen LogP contribution >= 0.6 is 0 Å². The van der Waals surface area contributed by atoms with Gasteiger partial charge in [0.15, 0.2) is 11.5 Å². The summed E-state index contributed by atoms with van der Waals surface area (Å²) in [7, 11) is 0. The molecule has 1 aromatic rings. The first-order valence-electron chi connectivity index (χ1n) is 10.7. The summed E-state index contributed by atoms with van der Waals surface area (Å²) >= 11 is 0. The smallest absolute Gasteiger partial charge is 0.160 e. The van der Waals surface area contributed by atoms with E-state index in [4.69, 9.17) is 0 Å². The van der Waals surface area contributed by atoms with Gasteiger partial charge in [-0.2, -0.15) is 0 Å². The second-order valence-electron chi connectivity index (χ2n) is 10.1. The summed E-state index contributed by atoms with van der Waals surface area (Å²) in [6.45, 7) is 9.27. The number of rotatable bonds is 11. The molecule has 0 aromatic heterocycles. The van der Waals surface area contributed by atoms with Gasteiger partial charge in [0.1, 0.15) is 0 Å². The first-order valence-corrected chi connectivity index (χ1v) is 10.7. The van der Waals surface area contributed by atoms with Crippen molar-refractivity contribution < 1.29 is 10.2 Å². The summed E-state index contributed by atoms with van der Waals surface area (Å²) < 4.78 is 0. The van der Waals surface area contributed by atoms with Crippen LogP contribution in [0.25, 0.3) is 0 Å². The summed E-state index contributed by atoms with van der Waals surface area (Å²) in [4.78, 5) is 0. The predicted molar refractivity (Wildman–Crippen MR) is 111 cm³/mol. The maximum atomic E-state index is 10.2. The van der Waals surface area contributed by atoms with Gasteiger partial charge in [-0.15, -0.1) is 0 Å². The van der Waals surface area contributed by atoms with Crippen LogP contribution in [0.15, 0.2) is 12.1 Å². The van der Waals surface area contributed by atoms with Crippen LogP contribution in [0.5, 0.6) is 11.5 Å². The van der Waals surface area contributed by atoms with Crippen molar-refractivity contribution >= 4 is 0 Å². The summed E-state index contributed by atoms with van der Waals surface area (Å²) in [5.74, 6) is 0.147. The Morgan fingerprint density at radius 1 is 0.885 bits per heavy atom. The summed E-state index contributed by atoms with van der Waals surface area (Å²) in [6, 6.07) is 3.86. The Balaban J connectivity index is 1.74. The Labute approximate surface area is 161 Å². The van der Waals surface area contributed by atoms with Gasteiger partial charge in [0.2, 0.25) is 0 Å². The van der Waals surface area contributed by atoms with E-state index in [9.17, 15) is 10.2 Å². The molecule has 2 N–H and O–H groups in total. The minimum Gasteiger partial charge on any atom is -0.504 e. The highest BCUT2D eigenvalue weighted by molar-refractivity contribution is 5.47. The molecule has 1 aromatic carbocycles. The zero-order valence-electron chi connectivity index (χ0n) is 17.5. The number of hydrogen-bond donors (Lipinski definition) is 2. The Bertz CT molecular complexity index is 564. The molecule has 0 spiro atoms. The largest absolute Gasteiger partial charge is 0.504 e. The first-order chi connectivity index (χ1) is 12.2. The fourth-order valence-electron chi connectivity index (χ4n) is 3.75. The van der Waals surface area contributed by atoms with Crippen molar-refractivity contribution in [1.82, 2.24) is 0 Å². The highest BCUT2D eigenvalue weighted by atomic mass is 16.3. The summed E-state index contributed by atoms with van der Waals surface area (Å²) in [5, 5.41) is 20.2. The second-order valence-corrected chi connectivity index (χ2v) is 10.1. The number of unbranched alkanes of at least 4 members (excludes halogenated alkanes) is 4. The zero-order valence-corrected chi connectivity index (χ0v) is 17.5. The monoisotopic (exact) mass is 360 g/mol. The van der Waals surface area contributed by atoms with Crippen molar-refractivity contribution in [2.75, 3.05) is 0 Å². The summed E-state index contributed by atoms with van der Waals surface area (Å²) in [5.41, 5.74) is 3.15. The third kappa shape index (κ3) is 7.60. The van der Waals surface area contributed by atoms with Crippen molar-refractivity contribution in [2.45, 2.75) is 105 Å². The van der Waals surface area contributed by atoms with Gasteiger partial charge in [0, 0.05) is 0 Å². The molecule has 0 bridgehead atoms.